The number of nitrogens with zero attached hydrogens (tertiary/aromatic N) is 4. The number of aliphatic hydroxyl groups is 2. The summed E-state index contributed by atoms with van der Waals surface area (Å²) in [4.78, 5) is 12.2. The van der Waals surface area contributed by atoms with Crippen molar-refractivity contribution < 1.29 is 14.9 Å². The Balaban J connectivity index is 1.94. The first-order valence-corrected chi connectivity index (χ1v) is 11.1. The van der Waals surface area contributed by atoms with Gasteiger partial charge in [0.1, 0.15) is 0 Å². The first-order chi connectivity index (χ1) is 9.99. The number of imidazole rings is 1. The number of nitrogen functional groups attached to an aromatic ring is 1. The SMILES string of the molecule is C[Se+](C)C[C@H]1O[C@@H](n2cnc3c(N)ncnc32)[C@H](O)[C@@H]1O. The molecule has 0 amide bonds. The van der Waals surface area contributed by atoms with Crippen LogP contribution >= 0.6 is 0 Å². The van der Waals surface area contributed by atoms with Crippen molar-refractivity contribution in [2.24, 2.45) is 0 Å². The predicted molar refractivity (Wildman–Crippen MR) is 77.9 cm³/mol. The number of ether oxygens (including phenoxy) is 1. The first kappa shape index (κ1) is 14.7. The van der Waals surface area contributed by atoms with Gasteiger partial charge in [0.15, 0.2) is 0 Å². The molecule has 1 aliphatic rings. The monoisotopic (exact) mass is 360 g/mol. The predicted octanol–water partition coefficient (Wildman–Crippen LogP) is -0.218. The standard InChI is InChI=1S/C12H18N5O3Se/c1-21(2)3-6-8(18)9(19)12(20-6)17-5-16-7-10(13)14-4-15-11(7)17/h4-6,8-9,12,18-19H,3H2,1-2H3,(H2,13,14,15)/q+1/t6-,8-,9-,12-/m1/s1. The van der Waals surface area contributed by atoms with Crippen LogP contribution in [0.1, 0.15) is 6.23 Å². The summed E-state index contributed by atoms with van der Waals surface area (Å²) in [6.45, 7) is 0. The fraction of sp³-hybridized carbons (Fsp3) is 0.583. The van der Waals surface area contributed by atoms with E-state index in [1.54, 1.807) is 4.57 Å². The molecule has 0 bridgehead atoms. The Morgan fingerprint density at radius 2 is 2.05 bits per heavy atom. The van der Waals surface area contributed by atoms with E-state index >= 15 is 0 Å². The third-order valence-corrected chi connectivity index (χ3v) is 5.58. The molecule has 0 saturated carbocycles. The molecule has 8 nitrogen and oxygen atoms in total. The van der Waals surface area contributed by atoms with Gasteiger partial charge in [0, 0.05) is 0 Å². The van der Waals surface area contributed by atoms with Crippen LogP contribution < -0.4 is 5.73 Å². The number of aliphatic hydroxyl groups excluding tert-OH is 2. The fourth-order valence-electron chi connectivity index (χ4n) is 2.48. The molecule has 9 heteroatoms. The van der Waals surface area contributed by atoms with Crippen LogP contribution in [0.25, 0.3) is 11.2 Å². The van der Waals surface area contributed by atoms with Gasteiger partial charge in [-0.1, -0.05) is 0 Å². The molecule has 2 aromatic heterocycles. The Hall–Kier alpha value is -1.25. The van der Waals surface area contributed by atoms with Crippen molar-refractivity contribution in [1.82, 2.24) is 19.5 Å². The zero-order valence-corrected chi connectivity index (χ0v) is 13.5. The van der Waals surface area contributed by atoms with Crippen molar-refractivity contribution in [2.75, 3.05) is 5.73 Å². The van der Waals surface area contributed by atoms with Crippen LogP contribution in [-0.4, -0.2) is 61.9 Å². The number of hydrogen-bond acceptors (Lipinski definition) is 7. The van der Waals surface area contributed by atoms with Gasteiger partial charge in [0.25, 0.3) is 0 Å². The zero-order valence-electron chi connectivity index (χ0n) is 11.7. The molecule has 1 fully saturated rings. The van der Waals surface area contributed by atoms with Crippen LogP contribution in [-0.2, 0) is 4.74 Å². The van der Waals surface area contributed by atoms with Crippen molar-refractivity contribution in [1.29, 1.82) is 0 Å². The minimum atomic E-state index is -1.02. The van der Waals surface area contributed by atoms with Gasteiger partial charge in [0.2, 0.25) is 0 Å². The summed E-state index contributed by atoms with van der Waals surface area (Å²) in [7, 11) is 0. The van der Waals surface area contributed by atoms with Crippen LogP contribution in [0.4, 0.5) is 5.82 Å². The van der Waals surface area contributed by atoms with Gasteiger partial charge in [-0.05, 0) is 0 Å². The molecule has 114 valence electrons. The molecule has 21 heavy (non-hydrogen) atoms. The second kappa shape index (κ2) is 5.51. The van der Waals surface area contributed by atoms with Gasteiger partial charge >= 0.3 is 125 Å². The molecule has 3 heterocycles. The molecule has 1 saturated heterocycles. The molecule has 1 aliphatic heterocycles. The van der Waals surface area contributed by atoms with E-state index in [9.17, 15) is 10.2 Å². The number of aromatic nitrogens is 4. The summed E-state index contributed by atoms with van der Waals surface area (Å²) < 4.78 is 7.44. The van der Waals surface area contributed by atoms with Gasteiger partial charge in [-0.15, -0.1) is 0 Å². The Labute approximate surface area is 125 Å². The second-order valence-corrected chi connectivity index (χ2v) is 10.1. The van der Waals surface area contributed by atoms with E-state index in [1.165, 1.54) is 12.7 Å². The third-order valence-electron chi connectivity index (χ3n) is 3.50. The average molecular weight is 359 g/mol. The summed E-state index contributed by atoms with van der Waals surface area (Å²) >= 11 is -0.792. The van der Waals surface area contributed by atoms with Crippen molar-refractivity contribution in [3.63, 3.8) is 0 Å². The zero-order chi connectivity index (χ0) is 15.1. The van der Waals surface area contributed by atoms with E-state index in [1.807, 2.05) is 0 Å². The van der Waals surface area contributed by atoms with Crippen LogP contribution in [0.15, 0.2) is 12.7 Å². The fourth-order valence-corrected chi connectivity index (χ4v) is 4.44. The number of nitrogens with two attached hydrogens (primary N) is 1. The molecule has 0 aromatic carbocycles. The van der Waals surface area contributed by atoms with Crippen molar-refractivity contribution in [2.45, 2.75) is 41.5 Å². The van der Waals surface area contributed by atoms with Gasteiger partial charge in [-0.3, -0.25) is 0 Å². The van der Waals surface area contributed by atoms with Gasteiger partial charge in [-0.25, -0.2) is 0 Å². The molecule has 3 rings (SSSR count). The average Bonchev–Trinajstić information content (AvgIpc) is 2.96. The maximum atomic E-state index is 10.3. The van der Waals surface area contributed by atoms with E-state index in [-0.39, 0.29) is 11.9 Å². The van der Waals surface area contributed by atoms with Gasteiger partial charge in [-0.2, -0.15) is 0 Å². The topological polar surface area (TPSA) is 119 Å². The minimum absolute atomic E-state index is 0.275. The molecule has 4 N–H and O–H groups in total. The van der Waals surface area contributed by atoms with Crippen molar-refractivity contribution in [3.8, 4) is 0 Å². The molecule has 0 unspecified atom stereocenters. The summed E-state index contributed by atoms with van der Waals surface area (Å²) in [5.41, 5.74) is 6.70. The third kappa shape index (κ3) is 2.51. The molecular formula is C12H18N5O3Se+. The van der Waals surface area contributed by atoms with Crippen LogP contribution in [0.5, 0.6) is 0 Å². The van der Waals surface area contributed by atoms with E-state index in [4.69, 9.17) is 10.5 Å². The van der Waals surface area contributed by atoms with Crippen molar-refractivity contribution in [3.05, 3.63) is 12.7 Å². The molecule has 4 atom stereocenters. The number of anilines is 1. The normalized spacial score (nSPS) is 29.6. The van der Waals surface area contributed by atoms with Crippen molar-refractivity contribution >= 4 is 30.9 Å². The number of fused-ring (bicyclic) bond motifs is 1. The Bertz CT molecular complexity index is 649. The Morgan fingerprint density at radius 3 is 2.76 bits per heavy atom. The second-order valence-electron chi connectivity index (χ2n) is 5.28. The molecule has 2 aromatic rings. The summed E-state index contributed by atoms with van der Waals surface area (Å²) in [5, 5.41) is 21.2. The molecular weight excluding hydrogens is 341 g/mol. The van der Waals surface area contributed by atoms with E-state index in [2.05, 4.69) is 26.6 Å². The van der Waals surface area contributed by atoms with Crippen LogP contribution in [0.3, 0.4) is 0 Å². The molecule has 0 aliphatic carbocycles. The Morgan fingerprint density at radius 1 is 1.29 bits per heavy atom. The number of rotatable bonds is 3. The summed E-state index contributed by atoms with van der Waals surface area (Å²) in [6.07, 6.45) is -0.154. The van der Waals surface area contributed by atoms with Gasteiger partial charge in [0.05, 0.1) is 0 Å². The number of hydrogen-bond donors (Lipinski definition) is 3. The van der Waals surface area contributed by atoms with Crippen LogP contribution in [0, 0.1) is 0 Å². The molecule has 0 spiro atoms. The van der Waals surface area contributed by atoms with E-state index < -0.39 is 32.3 Å². The quantitative estimate of drug-likeness (QED) is 0.648. The first-order valence-electron chi connectivity index (χ1n) is 6.48. The summed E-state index contributed by atoms with van der Waals surface area (Å²) in [5.74, 6) is 4.60. The Kier molecular flexibility index (Phi) is 3.85. The summed E-state index contributed by atoms with van der Waals surface area (Å²) in [6, 6.07) is 0. The molecule has 0 radical (unpaired) electrons. The van der Waals surface area contributed by atoms with E-state index in [0.29, 0.717) is 11.2 Å². The maximum absolute atomic E-state index is 10.3. The van der Waals surface area contributed by atoms with Crippen LogP contribution in [0.2, 0.25) is 17.0 Å². The van der Waals surface area contributed by atoms with E-state index in [0.717, 1.165) is 5.32 Å². The van der Waals surface area contributed by atoms with Gasteiger partial charge < -0.3 is 0 Å².